The van der Waals surface area contributed by atoms with Crippen LogP contribution in [0.4, 0.5) is 0 Å². The van der Waals surface area contributed by atoms with Crippen LogP contribution in [-0.4, -0.2) is 23.3 Å². The van der Waals surface area contributed by atoms with Crippen molar-refractivity contribution >= 4 is 11.3 Å². The van der Waals surface area contributed by atoms with E-state index >= 15 is 0 Å². The molecule has 0 atom stereocenters. The van der Waals surface area contributed by atoms with E-state index in [-0.39, 0.29) is 0 Å². The number of rotatable bonds is 8. The summed E-state index contributed by atoms with van der Waals surface area (Å²) in [6.45, 7) is 6.70. The van der Waals surface area contributed by atoms with Crippen LogP contribution in [0, 0.1) is 11.8 Å². The molecule has 0 aliphatic heterocycles. The lowest BCUT2D eigenvalue weighted by molar-refractivity contribution is 0.456. The van der Waals surface area contributed by atoms with Gasteiger partial charge < -0.3 is 5.32 Å². The molecule has 4 heteroatoms. The van der Waals surface area contributed by atoms with Crippen LogP contribution in [-0.2, 0) is 12.8 Å². The maximum Gasteiger partial charge on any atom is 0.117 e. The highest BCUT2D eigenvalue weighted by Crippen LogP contribution is 2.27. The van der Waals surface area contributed by atoms with E-state index in [0.29, 0.717) is 0 Å². The number of hydrogen-bond donors (Lipinski definition) is 1. The average molecular weight is 310 g/mol. The monoisotopic (exact) mass is 309 g/mol. The summed E-state index contributed by atoms with van der Waals surface area (Å²) in [4.78, 5) is 0. The Morgan fingerprint density at radius 1 is 1.10 bits per heavy atom. The van der Waals surface area contributed by atoms with Crippen molar-refractivity contribution in [3.63, 3.8) is 0 Å². The summed E-state index contributed by atoms with van der Waals surface area (Å²) in [7, 11) is 0. The first-order valence-electron chi connectivity index (χ1n) is 8.76. The Morgan fingerprint density at radius 3 is 2.52 bits per heavy atom. The van der Waals surface area contributed by atoms with Gasteiger partial charge in [0.15, 0.2) is 0 Å². The lowest BCUT2D eigenvalue weighted by atomic mass is 9.97. The minimum atomic E-state index is 0.734. The highest BCUT2D eigenvalue weighted by molar-refractivity contribution is 7.11. The van der Waals surface area contributed by atoms with Gasteiger partial charge in [0, 0.05) is 12.8 Å². The molecule has 1 aliphatic rings. The molecule has 2 rings (SSSR count). The maximum absolute atomic E-state index is 4.42. The van der Waals surface area contributed by atoms with Crippen molar-refractivity contribution in [3.05, 3.63) is 10.0 Å². The molecule has 0 radical (unpaired) electrons. The van der Waals surface area contributed by atoms with E-state index in [0.717, 1.165) is 31.3 Å². The quantitative estimate of drug-likeness (QED) is 0.577. The van der Waals surface area contributed by atoms with E-state index in [1.54, 1.807) is 0 Å². The largest absolute Gasteiger partial charge is 0.316 e. The third-order valence-electron chi connectivity index (χ3n) is 4.24. The summed E-state index contributed by atoms with van der Waals surface area (Å²) in [6, 6.07) is 0. The van der Waals surface area contributed by atoms with Gasteiger partial charge in [-0.25, -0.2) is 0 Å². The molecular formula is C17H31N3S. The molecule has 0 spiro atoms. The predicted octanol–water partition coefficient (Wildman–Crippen LogP) is 4.23. The van der Waals surface area contributed by atoms with Crippen molar-refractivity contribution in [2.24, 2.45) is 11.8 Å². The first kappa shape index (κ1) is 16.9. The minimum Gasteiger partial charge on any atom is -0.316 e. The van der Waals surface area contributed by atoms with E-state index in [9.17, 15) is 0 Å². The lowest BCUT2D eigenvalue weighted by Crippen LogP contribution is -2.21. The SMILES string of the molecule is CC(C)CNCCCc1nnc(CC2CCCCCC2)s1. The highest BCUT2D eigenvalue weighted by atomic mass is 32.1. The fourth-order valence-corrected chi connectivity index (χ4v) is 4.04. The number of aryl methyl sites for hydroxylation is 1. The fourth-order valence-electron chi connectivity index (χ4n) is 3.04. The standard InChI is InChI=1S/C17H31N3S/c1-14(2)13-18-11-7-10-16-19-20-17(21-16)12-15-8-5-3-4-6-9-15/h14-15,18H,3-13H2,1-2H3. The molecule has 1 aliphatic carbocycles. The van der Waals surface area contributed by atoms with Gasteiger partial charge in [-0.1, -0.05) is 52.4 Å². The molecule has 0 amide bonds. The molecule has 0 saturated heterocycles. The molecule has 0 bridgehead atoms. The van der Waals surface area contributed by atoms with Crippen LogP contribution in [0.3, 0.4) is 0 Å². The van der Waals surface area contributed by atoms with E-state index in [1.807, 2.05) is 11.3 Å². The van der Waals surface area contributed by atoms with Crippen LogP contribution in [0.15, 0.2) is 0 Å². The molecule has 120 valence electrons. The van der Waals surface area contributed by atoms with Crippen LogP contribution >= 0.6 is 11.3 Å². The Balaban J connectivity index is 1.66. The van der Waals surface area contributed by atoms with Crippen LogP contribution in [0.2, 0.25) is 0 Å². The minimum absolute atomic E-state index is 0.734. The van der Waals surface area contributed by atoms with Crippen LogP contribution < -0.4 is 5.32 Å². The van der Waals surface area contributed by atoms with Gasteiger partial charge in [0.25, 0.3) is 0 Å². The normalized spacial score (nSPS) is 17.3. The van der Waals surface area contributed by atoms with Crippen LogP contribution in [0.1, 0.15) is 68.8 Å². The van der Waals surface area contributed by atoms with Gasteiger partial charge in [-0.05, 0) is 31.3 Å². The fraction of sp³-hybridized carbons (Fsp3) is 0.882. The molecule has 1 aromatic heterocycles. The first-order valence-corrected chi connectivity index (χ1v) is 9.57. The predicted molar refractivity (Wildman–Crippen MR) is 90.8 cm³/mol. The van der Waals surface area contributed by atoms with Gasteiger partial charge in [-0.15, -0.1) is 21.5 Å². The van der Waals surface area contributed by atoms with E-state index in [4.69, 9.17) is 0 Å². The summed E-state index contributed by atoms with van der Waals surface area (Å²) in [5.41, 5.74) is 0. The number of nitrogens with one attached hydrogen (secondary N) is 1. The average Bonchev–Trinajstić information content (AvgIpc) is 2.73. The third-order valence-corrected chi connectivity index (χ3v) is 5.25. The van der Waals surface area contributed by atoms with Crippen molar-refractivity contribution in [1.29, 1.82) is 0 Å². The van der Waals surface area contributed by atoms with Gasteiger partial charge >= 0.3 is 0 Å². The Labute approximate surface area is 133 Å². The Morgan fingerprint density at radius 2 is 1.81 bits per heavy atom. The number of hydrogen-bond acceptors (Lipinski definition) is 4. The summed E-state index contributed by atoms with van der Waals surface area (Å²) in [5.74, 6) is 1.60. The summed E-state index contributed by atoms with van der Waals surface area (Å²) in [6.07, 6.45) is 11.9. The van der Waals surface area contributed by atoms with Crippen molar-refractivity contribution in [2.45, 2.75) is 71.6 Å². The van der Waals surface area contributed by atoms with E-state index in [2.05, 4.69) is 29.4 Å². The lowest BCUT2D eigenvalue weighted by Gasteiger charge is -2.10. The van der Waals surface area contributed by atoms with Gasteiger partial charge in [0.1, 0.15) is 10.0 Å². The number of nitrogens with zero attached hydrogens (tertiary/aromatic N) is 2. The van der Waals surface area contributed by atoms with Gasteiger partial charge in [-0.3, -0.25) is 0 Å². The molecule has 0 unspecified atom stereocenters. The van der Waals surface area contributed by atoms with Crippen LogP contribution in [0.5, 0.6) is 0 Å². The first-order chi connectivity index (χ1) is 10.2. The van der Waals surface area contributed by atoms with Crippen molar-refractivity contribution in [1.82, 2.24) is 15.5 Å². The summed E-state index contributed by atoms with van der Waals surface area (Å²) in [5, 5.41) is 14.8. The highest BCUT2D eigenvalue weighted by Gasteiger charge is 2.15. The summed E-state index contributed by atoms with van der Waals surface area (Å²) < 4.78 is 0. The van der Waals surface area contributed by atoms with E-state index < -0.39 is 0 Å². The second kappa shape index (κ2) is 9.52. The zero-order valence-electron chi connectivity index (χ0n) is 13.7. The van der Waals surface area contributed by atoms with E-state index in [1.165, 1.54) is 61.4 Å². The molecule has 1 fully saturated rings. The third kappa shape index (κ3) is 6.88. The molecule has 1 saturated carbocycles. The molecule has 21 heavy (non-hydrogen) atoms. The van der Waals surface area contributed by atoms with Crippen LogP contribution in [0.25, 0.3) is 0 Å². The van der Waals surface area contributed by atoms with Gasteiger partial charge in [0.2, 0.25) is 0 Å². The Kier molecular flexibility index (Phi) is 7.65. The Bertz CT molecular complexity index is 381. The van der Waals surface area contributed by atoms with Gasteiger partial charge in [-0.2, -0.15) is 0 Å². The molecule has 1 aromatic rings. The second-order valence-corrected chi connectivity index (χ2v) is 8.00. The molecule has 3 nitrogen and oxygen atoms in total. The Hall–Kier alpha value is -0.480. The maximum atomic E-state index is 4.42. The zero-order valence-corrected chi connectivity index (χ0v) is 14.6. The topological polar surface area (TPSA) is 37.8 Å². The van der Waals surface area contributed by atoms with Gasteiger partial charge in [0.05, 0.1) is 0 Å². The van der Waals surface area contributed by atoms with Crippen molar-refractivity contribution in [2.75, 3.05) is 13.1 Å². The smallest absolute Gasteiger partial charge is 0.117 e. The summed E-state index contributed by atoms with van der Waals surface area (Å²) >= 11 is 1.85. The van der Waals surface area contributed by atoms with Crippen molar-refractivity contribution < 1.29 is 0 Å². The number of aromatic nitrogens is 2. The zero-order chi connectivity index (χ0) is 14.9. The molecule has 0 aromatic carbocycles. The molecule has 1 N–H and O–H groups in total. The molecular weight excluding hydrogens is 278 g/mol. The molecule has 1 heterocycles. The second-order valence-electron chi connectivity index (χ2n) is 6.85. The van der Waals surface area contributed by atoms with Crippen molar-refractivity contribution in [3.8, 4) is 0 Å².